The Labute approximate surface area is 149 Å². The first-order chi connectivity index (χ1) is 12.5. The van der Waals surface area contributed by atoms with E-state index in [4.69, 9.17) is 0 Å². The highest BCUT2D eigenvalue weighted by molar-refractivity contribution is 6.01. The van der Waals surface area contributed by atoms with Gasteiger partial charge >= 0.3 is 0 Å². The molecule has 1 N–H and O–H groups in total. The zero-order valence-electron chi connectivity index (χ0n) is 14.1. The third-order valence-electron chi connectivity index (χ3n) is 3.82. The van der Waals surface area contributed by atoms with Crippen molar-refractivity contribution in [2.75, 3.05) is 5.32 Å². The van der Waals surface area contributed by atoms with Crippen LogP contribution in [0.3, 0.4) is 0 Å². The van der Waals surface area contributed by atoms with Crippen molar-refractivity contribution in [1.29, 1.82) is 0 Å². The summed E-state index contributed by atoms with van der Waals surface area (Å²) in [6.45, 7) is 1.79. The molecule has 6 heteroatoms. The Hall–Kier alpha value is -3.28. The molecule has 0 spiro atoms. The first-order valence-electron chi connectivity index (χ1n) is 8.03. The molecule has 132 valence electrons. The molecule has 4 nitrogen and oxygen atoms in total. The molecule has 26 heavy (non-hydrogen) atoms. The summed E-state index contributed by atoms with van der Waals surface area (Å²) >= 11 is 0. The van der Waals surface area contributed by atoms with E-state index < -0.39 is 11.6 Å². The first-order valence-corrected chi connectivity index (χ1v) is 8.03. The van der Waals surface area contributed by atoms with E-state index >= 15 is 0 Å². The average Bonchev–Trinajstić information content (AvgIpc) is 2.97. The zero-order valence-corrected chi connectivity index (χ0v) is 14.1. The van der Waals surface area contributed by atoms with Crippen LogP contribution in [0.15, 0.2) is 60.8 Å². The molecule has 0 radical (unpaired) electrons. The summed E-state index contributed by atoms with van der Waals surface area (Å²) in [7, 11) is 0. The molecule has 1 amide bonds. The van der Waals surface area contributed by atoms with Crippen LogP contribution in [0.25, 0.3) is 6.08 Å². The summed E-state index contributed by atoms with van der Waals surface area (Å²) in [5.74, 6) is -0.947. The van der Waals surface area contributed by atoms with Gasteiger partial charge in [-0.3, -0.25) is 4.79 Å². The van der Waals surface area contributed by atoms with Gasteiger partial charge in [0.05, 0.1) is 12.7 Å². The summed E-state index contributed by atoms with van der Waals surface area (Å²) in [4.78, 5) is 12.2. The van der Waals surface area contributed by atoms with Gasteiger partial charge in [0.15, 0.2) is 0 Å². The molecule has 1 aromatic heterocycles. The molecule has 1 heterocycles. The van der Waals surface area contributed by atoms with Crippen LogP contribution < -0.4 is 5.32 Å². The van der Waals surface area contributed by atoms with Gasteiger partial charge in [0.2, 0.25) is 5.91 Å². The van der Waals surface area contributed by atoms with Gasteiger partial charge in [-0.05, 0) is 36.8 Å². The highest BCUT2D eigenvalue weighted by Crippen LogP contribution is 2.18. The number of anilines is 1. The fourth-order valence-electron chi connectivity index (χ4n) is 2.48. The maximum absolute atomic E-state index is 13.9. The van der Waals surface area contributed by atoms with Crippen molar-refractivity contribution in [2.45, 2.75) is 13.5 Å². The number of rotatable bonds is 5. The van der Waals surface area contributed by atoms with E-state index in [9.17, 15) is 13.6 Å². The predicted molar refractivity (Wildman–Crippen MR) is 96.5 cm³/mol. The molecule has 0 aliphatic carbocycles. The maximum Gasteiger partial charge on any atom is 0.249 e. The van der Waals surface area contributed by atoms with Crippen molar-refractivity contribution in [3.8, 4) is 0 Å². The SMILES string of the molecule is Cc1cnn(Cc2cc(F)ccc2F)c1NC(=O)C=Cc1ccccc1. The third kappa shape index (κ3) is 4.22. The van der Waals surface area contributed by atoms with Gasteiger partial charge in [0, 0.05) is 17.2 Å². The van der Waals surface area contributed by atoms with Gasteiger partial charge in [0.1, 0.15) is 17.5 Å². The lowest BCUT2D eigenvalue weighted by atomic mass is 10.2. The summed E-state index contributed by atoms with van der Waals surface area (Å²) < 4.78 is 28.6. The Bertz CT molecular complexity index is 949. The van der Waals surface area contributed by atoms with E-state index in [1.165, 1.54) is 10.8 Å². The van der Waals surface area contributed by atoms with Gasteiger partial charge < -0.3 is 5.32 Å². The molecule has 3 rings (SSSR count). The molecule has 0 aliphatic heterocycles. The smallest absolute Gasteiger partial charge is 0.249 e. The lowest BCUT2D eigenvalue weighted by Gasteiger charge is -2.10. The molecule has 0 bridgehead atoms. The molecular formula is C20H17F2N3O. The molecule has 0 unspecified atom stereocenters. The lowest BCUT2D eigenvalue weighted by molar-refractivity contribution is -0.111. The number of amides is 1. The van der Waals surface area contributed by atoms with E-state index in [0.717, 1.165) is 29.3 Å². The predicted octanol–water partition coefficient (Wildman–Crippen LogP) is 4.17. The largest absolute Gasteiger partial charge is 0.307 e. The number of benzene rings is 2. The monoisotopic (exact) mass is 353 g/mol. The minimum Gasteiger partial charge on any atom is -0.307 e. The van der Waals surface area contributed by atoms with Crippen molar-refractivity contribution in [3.63, 3.8) is 0 Å². The van der Waals surface area contributed by atoms with Crippen molar-refractivity contribution < 1.29 is 13.6 Å². The average molecular weight is 353 g/mol. The van der Waals surface area contributed by atoms with Crippen LogP contribution >= 0.6 is 0 Å². The molecular weight excluding hydrogens is 336 g/mol. The van der Waals surface area contributed by atoms with Gasteiger partial charge in [-0.25, -0.2) is 13.5 Å². The van der Waals surface area contributed by atoms with Crippen LogP contribution in [-0.4, -0.2) is 15.7 Å². The minimum absolute atomic E-state index is 0.00937. The molecule has 0 saturated heterocycles. The minimum atomic E-state index is -0.527. The Balaban J connectivity index is 1.76. The van der Waals surface area contributed by atoms with Crippen molar-refractivity contribution in [2.24, 2.45) is 0 Å². The number of carbonyl (C=O) groups excluding carboxylic acids is 1. The van der Waals surface area contributed by atoms with Crippen molar-refractivity contribution in [3.05, 3.63) is 89.1 Å². The van der Waals surface area contributed by atoms with Crippen LogP contribution in [0.5, 0.6) is 0 Å². The second-order valence-electron chi connectivity index (χ2n) is 5.80. The Kier molecular flexibility index (Phi) is 5.22. The number of hydrogen-bond donors (Lipinski definition) is 1. The van der Waals surface area contributed by atoms with Gasteiger partial charge in [-0.15, -0.1) is 0 Å². The van der Waals surface area contributed by atoms with Crippen molar-refractivity contribution >= 4 is 17.8 Å². The van der Waals surface area contributed by atoms with Crippen molar-refractivity contribution in [1.82, 2.24) is 9.78 Å². The number of carbonyl (C=O) groups is 1. The fourth-order valence-corrected chi connectivity index (χ4v) is 2.48. The Morgan fingerprint density at radius 1 is 1.19 bits per heavy atom. The topological polar surface area (TPSA) is 46.9 Å². The first kappa shape index (κ1) is 17.5. The molecule has 0 atom stereocenters. The van der Waals surface area contributed by atoms with Gasteiger partial charge in [-0.2, -0.15) is 5.10 Å². The Morgan fingerprint density at radius 3 is 2.73 bits per heavy atom. The lowest BCUT2D eigenvalue weighted by Crippen LogP contribution is -2.15. The summed E-state index contributed by atoms with van der Waals surface area (Å²) in [6, 6.07) is 12.7. The number of hydrogen-bond acceptors (Lipinski definition) is 2. The van der Waals surface area contributed by atoms with Gasteiger partial charge in [0.25, 0.3) is 0 Å². The normalized spacial score (nSPS) is 11.0. The molecule has 3 aromatic rings. The summed E-state index contributed by atoms with van der Waals surface area (Å²) in [5, 5.41) is 6.88. The van der Waals surface area contributed by atoms with Crippen LogP contribution in [0, 0.1) is 18.6 Å². The molecule has 2 aromatic carbocycles. The third-order valence-corrected chi connectivity index (χ3v) is 3.82. The zero-order chi connectivity index (χ0) is 18.5. The number of halogens is 2. The standard InChI is InChI=1S/C20H17F2N3O/c1-14-12-23-25(13-16-11-17(21)8-9-18(16)22)20(14)24-19(26)10-7-15-5-3-2-4-6-15/h2-12H,13H2,1H3,(H,24,26). The van der Waals surface area contributed by atoms with Crippen LogP contribution in [0.4, 0.5) is 14.6 Å². The molecule has 0 fully saturated rings. The highest BCUT2D eigenvalue weighted by Gasteiger charge is 2.12. The van der Waals surface area contributed by atoms with E-state index in [1.54, 1.807) is 19.2 Å². The second kappa shape index (κ2) is 7.74. The fraction of sp³-hybridized carbons (Fsp3) is 0.100. The van der Waals surface area contributed by atoms with Crippen LogP contribution in [0.2, 0.25) is 0 Å². The van der Waals surface area contributed by atoms with E-state index in [-0.39, 0.29) is 18.0 Å². The molecule has 0 aliphatic rings. The molecule has 0 saturated carbocycles. The van der Waals surface area contributed by atoms with Gasteiger partial charge in [-0.1, -0.05) is 30.3 Å². The summed E-state index contributed by atoms with van der Waals surface area (Å²) in [6.07, 6.45) is 4.67. The number of nitrogens with zero attached hydrogens (tertiary/aromatic N) is 2. The Morgan fingerprint density at radius 2 is 1.96 bits per heavy atom. The van der Waals surface area contributed by atoms with Crippen LogP contribution in [-0.2, 0) is 11.3 Å². The quantitative estimate of drug-likeness (QED) is 0.700. The van der Waals surface area contributed by atoms with E-state index in [0.29, 0.717) is 5.82 Å². The summed E-state index contributed by atoms with van der Waals surface area (Å²) in [5.41, 5.74) is 1.78. The maximum atomic E-state index is 13.9. The van der Waals surface area contributed by atoms with E-state index in [1.807, 2.05) is 30.3 Å². The number of aromatic nitrogens is 2. The number of aryl methyl sites for hydroxylation is 1. The highest BCUT2D eigenvalue weighted by atomic mass is 19.1. The van der Waals surface area contributed by atoms with E-state index in [2.05, 4.69) is 10.4 Å². The number of nitrogens with one attached hydrogen (secondary N) is 1. The van der Waals surface area contributed by atoms with Crippen LogP contribution in [0.1, 0.15) is 16.7 Å². The second-order valence-corrected chi connectivity index (χ2v) is 5.80.